The van der Waals surface area contributed by atoms with Crippen molar-refractivity contribution in [2.75, 3.05) is 13.1 Å². The van der Waals surface area contributed by atoms with Gasteiger partial charge < -0.3 is 5.32 Å². The lowest BCUT2D eigenvalue weighted by Crippen LogP contribution is -2.49. The molecule has 0 spiro atoms. The van der Waals surface area contributed by atoms with Gasteiger partial charge in [0.2, 0.25) is 5.91 Å². The Morgan fingerprint density at radius 2 is 2.19 bits per heavy atom. The number of amides is 2. The zero-order valence-corrected chi connectivity index (χ0v) is 15.3. The number of carbonyl (C=O) groups excluding carboxylic acids is 2. The lowest BCUT2D eigenvalue weighted by atomic mass is 9.75. The van der Waals surface area contributed by atoms with Gasteiger partial charge in [-0.3, -0.25) is 24.7 Å². The van der Waals surface area contributed by atoms with Crippen LogP contribution in [0.25, 0.3) is 0 Å². The van der Waals surface area contributed by atoms with Crippen molar-refractivity contribution in [2.45, 2.75) is 58.0 Å². The Morgan fingerprint density at radius 3 is 2.88 bits per heavy atom. The van der Waals surface area contributed by atoms with Gasteiger partial charge in [0.25, 0.3) is 5.91 Å². The quantitative estimate of drug-likeness (QED) is 0.390. The van der Waals surface area contributed by atoms with Crippen molar-refractivity contribution >= 4 is 11.8 Å². The highest BCUT2D eigenvalue weighted by Gasteiger charge is 2.36. The van der Waals surface area contributed by atoms with Gasteiger partial charge in [0.1, 0.15) is 0 Å². The largest absolute Gasteiger partial charge is 0.356 e. The van der Waals surface area contributed by atoms with Crippen LogP contribution in [0.5, 0.6) is 0 Å². The summed E-state index contributed by atoms with van der Waals surface area (Å²) in [4.78, 5) is 29.4. The minimum Gasteiger partial charge on any atom is -0.356 e. The summed E-state index contributed by atoms with van der Waals surface area (Å²) in [6, 6.07) is 2.47. The molecule has 1 saturated carbocycles. The van der Waals surface area contributed by atoms with Crippen molar-refractivity contribution < 1.29 is 14.8 Å². The van der Waals surface area contributed by atoms with Gasteiger partial charge in [-0.1, -0.05) is 6.42 Å². The molecule has 7 nitrogen and oxygen atoms in total. The monoisotopic (exact) mass is 360 g/mol. The zero-order chi connectivity index (χ0) is 18.5. The minimum atomic E-state index is -0.513. The summed E-state index contributed by atoms with van der Waals surface area (Å²) < 4.78 is 0. The SMILES string of the molecule is CC(=O)NCCCCC1CC[C@@H]1N1CCc2cc(C(=O)NO)cnc2C1. The molecule has 1 aromatic rings. The standard InChI is InChI=1S/C19H28N4O3/c1-13(24)20-8-3-2-4-14-5-6-18(14)23-9-7-15-10-16(19(25)22-26)11-21-17(15)12-23/h10-11,14,18,26H,2-9,12H2,1H3,(H,20,24)(H,22,25)/t14?,18-/m0/s1. The Labute approximate surface area is 154 Å². The van der Waals surface area contributed by atoms with Crippen LogP contribution in [0.15, 0.2) is 12.3 Å². The van der Waals surface area contributed by atoms with Crippen molar-refractivity contribution in [3.05, 3.63) is 29.1 Å². The highest BCUT2D eigenvalue weighted by molar-refractivity contribution is 5.93. The fraction of sp³-hybridized carbons (Fsp3) is 0.632. The summed E-state index contributed by atoms with van der Waals surface area (Å²) in [5.41, 5.74) is 4.21. The number of hydroxylamine groups is 1. The van der Waals surface area contributed by atoms with Gasteiger partial charge in [-0.15, -0.1) is 0 Å². The second-order valence-corrected chi connectivity index (χ2v) is 7.37. The molecule has 1 fully saturated rings. The molecule has 2 heterocycles. The molecule has 26 heavy (non-hydrogen) atoms. The van der Waals surface area contributed by atoms with E-state index >= 15 is 0 Å². The predicted octanol–water partition coefficient (Wildman–Crippen LogP) is 1.64. The maximum atomic E-state index is 11.5. The molecule has 1 aliphatic heterocycles. The topological polar surface area (TPSA) is 94.6 Å². The number of unbranched alkanes of at least 4 members (excludes halogenated alkanes) is 1. The summed E-state index contributed by atoms with van der Waals surface area (Å²) >= 11 is 0. The molecular weight excluding hydrogens is 332 g/mol. The molecule has 3 N–H and O–H groups in total. The number of pyridine rings is 1. The van der Waals surface area contributed by atoms with E-state index in [1.807, 2.05) is 6.07 Å². The van der Waals surface area contributed by atoms with Gasteiger partial charge in [-0.25, -0.2) is 5.48 Å². The zero-order valence-electron chi connectivity index (χ0n) is 15.3. The van der Waals surface area contributed by atoms with Crippen LogP contribution < -0.4 is 10.8 Å². The number of carbonyl (C=O) groups is 2. The molecule has 7 heteroatoms. The van der Waals surface area contributed by atoms with E-state index in [1.54, 1.807) is 12.4 Å². The van der Waals surface area contributed by atoms with E-state index in [0.717, 1.165) is 56.1 Å². The Bertz CT molecular complexity index is 664. The third-order valence-electron chi connectivity index (χ3n) is 5.67. The molecule has 0 bridgehead atoms. The second kappa shape index (κ2) is 8.60. The summed E-state index contributed by atoms with van der Waals surface area (Å²) in [5, 5.41) is 11.6. The number of aromatic nitrogens is 1. The number of fused-ring (bicyclic) bond motifs is 1. The second-order valence-electron chi connectivity index (χ2n) is 7.37. The predicted molar refractivity (Wildman–Crippen MR) is 96.7 cm³/mol. The van der Waals surface area contributed by atoms with Crippen molar-refractivity contribution in [3.8, 4) is 0 Å². The van der Waals surface area contributed by atoms with Crippen LogP contribution in [0.1, 0.15) is 60.6 Å². The summed E-state index contributed by atoms with van der Waals surface area (Å²) in [6.07, 6.45) is 8.38. The molecule has 2 atom stereocenters. The van der Waals surface area contributed by atoms with E-state index in [0.29, 0.717) is 11.6 Å². The number of rotatable bonds is 7. The average Bonchev–Trinajstić information content (AvgIpc) is 2.62. The van der Waals surface area contributed by atoms with E-state index in [-0.39, 0.29) is 5.91 Å². The number of nitrogens with zero attached hydrogens (tertiary/aromatic N) is 2. The fourth-order valence-corrected chi connectivity index (χ4v) is 4.07. The lowest BCUT2D eigenvalue weighted by molar-refractivity contribution is -0.118. The van der Waals surface area contributed by atoms with E-state index in [9.17, 15) is 9.59 Å². The van der Waals surface area contributed by atoms with Crippen molar-refractivity contribution in [1.29, 1.82) is 0 Å². The number of hydrogen-bond donors (Lipinski definition) is 3. The Morgan fingerprint density at radius 1 is 1.35 bits per heavy atom. The molecule has 0 aromatic carbocycles. The molecule has 2 amide bonds. The third kappa shape index (κ3) is 4.40. The molecule has 2 aliphatic rings. The molecule has 3 rings (SSSR count). The van der Waals surface area contributed by atoms with E-state index in [2.05, 4.69) is 15.2 Å². The van der Waals surface area contributed by atoms with Crippen molar-refractivity contribution in [1.82, 2.24) is 20.7 Å². The van der Waals surface area contributed by atoms with Gasteiger partial charge in [0.15, 0.2) is 0 Å². The first kappa shape index (κ1) is 18.8. The Balaban J connectivity index is 1.49. The Kier molecular flexibility index (Phi) is 6.21. The van der Waals surface area contributed by atoms with Crippen molar-refractivity contribution in [2.24, 2.45) is 5.92 Å². The smallest absolute Gasteiger partial charge is 0.276 e. The molecule has 142 valence electrons. The first-order valence-electron chi connectivity index (χ1n) is 9.49. The van der Waals surface area contributed by atoms with Gasteiger partial charge in [0, 0.05) is 38.8 Å². The van der Waals surface area contributed by atoms with Crippen LogP contribution >= 0.6 is 0 Å². The van der Waals surface area contributed by atoms with Gasteiger partial charge in [-0.05, 0) is 49.7 Å². The molecule has 0 radical (unpaired) electrons. The maximum absolute atomic E-state index is 11.5. The third-order valence-corrected chi connectivity index (χ3v) is 5.67. The highest BCUT2D eigenvalue weighted by Crippen LogP contribution is 2.37. The molecule has 1 aromatic heterocycles. The summed E-state index contributed by atoms with van der Waals surface area (Å²) in [6.45, 7) is 4.16. The normalized spacial score (nSPS) is 22.2. The highest BCUT2D eigenvalue weighted by atomic mass is 16.5. The van der Waals surface area contributed by atoms with Crippen molar-refractivity contribution in [3.63, 3.8) is 0 Å². The van der Waals surface area contributed by atoms with Crippen LogP contribution in [0.2, 0.25) is 0 Å². The van der Waals surface area contributed by atoms with Gasteiger partial charge in [0.05, 0.1) is 11.3 Å². The first-order valence-corrected chi connectivity index (χ1v) is 9.49. The average molecular weight is 360 g/mol. The first-order chi connectivity index (χ1) is 12.6. The van der Waals surface area contributed by atoms with E-state index in [4.69, 9.17) is 5.21 Å². The van der Waals surface area contributed by atoms with Crippen LogP contribution in [0, 0.1) is 5.92 Å². The summed E-state index contributed by atoms with van der Waals surface area (Å²) in [7, 11) is 0. The fourth-order valence-electron chi connectivity index (χ4n) is 4.07. The van der Waals surface area contributed by atoms with E-state index in [1.165, 1.54) is 25.5 Å². The summed E-state index contributed by atoms with van der Waals surface area (Å²) in [5.74, 6) is 0.278. The lowest BCUT2D eigenvalue weighted by Gasteiger charge is -2.46. The van der Waals surface area contributed by atoms with Gasteiger partial charge >= 0.3 is 0 Å². The van der Waals surface area contributed by atoms with E-state index < -0.39 is 5.91 Å². The molecule has 0 saturated heterocycles. The molecular formula is C19H28N4O3. The van der Waals surface area contributed by atoms with Crippen LogP contribution in [0.4, 0.5) is 0 Å². The van der Waals surface area contributed by atoms with Crippen LogP contribution in [-0.4, -0.2) is 46.0 Å². The number of hydrogen-bond acceptors (Lipinski definition) is 5. The van der Waals surface area contributed by atoms with Gasteiger partial charge in [-0.2, -0.15) is 0 Å². The number of nitrogens with one attached hydrogen (secondary N) is 2. The molecule has 1 aliphatic carbocycles. The van der Waals surface area contributed by atoms with Crippen LogP contribution in [-0.2, 0) is 17.8 Å². The Hall–Kier alpha value is -1.99. The maximum Gasteiger partial charge on any atom is 0.276 e. The molecule has 1 unspecified atom stereocenters. The minimum absolute atomic E-state index is 0.0469. The van der Waals surface area contributed by atoms with Crippen LogP contribution in [0.3, 0.4) is 0 Å².